The summed E-state index contributed by atoms with van der Waals surface area (Å²) in [5.41, 5.74) is 5.97. The van der Waals surface area contributed by atoms with Crippen LogP contribution in [-0.4, -0.2) is 6.29 Å². The second kappa shape index (κ2) is 12.6. The van der Waals surface area contributed by atoms with Crippen molar-refractivity contribution in [3.05, 3.63) is 130 Å². The molecule has 35 heavy (non-hydrogen) atoms. The molecule has 0 heterocycles. The van der Waals surface area contributed by atoms with E-state index in [1.807, 2.05) is 66.7 Å². The third-order valence-corrected chi connectivity index (χ3v) is 6.01. The number of rotatable bonds is 12. The highest BCUT2D eigenvalue weighted by Crippen LogP contribution is 2.27. The van der Waals surface area contributed by atoms with E-state index in [4.69, 9.17) is 9.47 Å². The van der Waals surface area contributed by atoms with E-state index in [1.165, 1.54) is 18.4 Å². The van der Waals surface area contributed by atoms with E-state index in [1.54, 1.807) is 6.07 Å². The largest absolute Gasteiger partial charge is 0.489 e. The van der Waals surface area contributed by atoms with Crippen LogP contribution in [-0.2, 0) is 30.8 Å². The average Bonchev–Trinajstić information content (AvgIpc) is 2.91. The second-order valence-electron chi connectivity index (χ2n) is 8.69. The molecule has 0 saturated carbocycles. The average molecular weight is 464 g/mol. The Bertz CT molecular complexity index is 1210. The van der Waals surface area contributed by atoms with E-state index in [9.17, 15) is 4.79 Å². The third-order valence-electron chi connectivity index (χ3n) is 6.01. The first-order valence-corrected chi connectivity index (χ1v) is 12.2. The van der Waals surface area contributed by atoms with Gasteiger partial charge >= 0.3 is 0 Å². The summed E-state index contributed by atoms with van der Waals surface area (Å²) in [5.74, 6) is 1.50. The van der Waals surface area contributed by atoms with E-state index in [-0.39, 0.29) is 0 Å². The maximum atomic E-state index is 11.7. The van der Waals surface area contributed by atoms with Gasteiger partial charge in [-0.05, 0) is 53.3 Å². The molecule has 4 aromatic carbocycles. The molecule has 0 atom stereocenters. The maximum absolute atomic E-state index is 11.7. The van der Waals surface area contributed by atoms with Crippen molar-refractivity contribution in [3.63, 3.8) is 0 Å². The van der Waals surface area contributed by atoms with E-state index in [2.05, 4.69) is 37.5 Å². The fourth-order valence-electron chi connectivity index (χ4n) is 4.01. The number of hydrogen-bond donors (Lipinski definition) is 0. The predicted molar refractivity (Wildman–Crippen MR) is 141 cm³/mol. The minimum absolute atomic E-state index is 0.448. The SMILES string of the molecule is CCCCc1ccc(COc2cccc([C]=O)c2Cc2cccc(OCc3ccccc3)c2)cc1. The van der Waals surface area contributed by atoms with Crippen molar-refractivity contribution in [2.75, 3.05) is 0 Å². The number of hydrogen-bond acceptors (Lipinski definition) is 3. The first-order chi connectivity index (χ1) is 17.2. The summed E-state index contributed by atoms with van der Waals surface area (Å²) in [6.07, 6.45) is 6.14. The van der Waals surface area contributed by atoms with Crippen LogP contribution < -0.4 is 9.47 Å². The zero-order valence-corrected chi connectivity index (χ0v) is 20.2. The van der Waals surface area contributed by atoms with Gasteiger partial charge in [0.25, 0.3) is 0 Å². The summed E-state index contributed by atoms with van der Waals surface area (Å²) in [7, 11) is 0. The molecule has 1 radical (unpaired) electrons. The molecule has 4 aromatic rings. The van der Waals surface area contributed by atoms with Gasteiger partial charge in [-0.2, -0.15) is 0 Å². The minimum atomic E-state index is 0.448. The zero-order valence-electron chi connectivity index (χ0n) is 20.2. The van der Waals surface area contributed by atoms with Crippen LogP contribution in [0.25, 0.3) is 0 Å². The number of ether oxygens (including phenoxy) is 2. The van der Waals surface area contributed by atoms with Gasteiger partial charge in [0.15, 0.2) is 0 Å². The van der Waals surface area contributed by atoms with Crippen molar-refractivity contribution in [1.82, 2.24) is 0 Å². The first-order valence-electron chi connectivity index (χ1n) is 12.2. The van der Waals surface area contributed by atoms with Crippen LogP contribution >= 0.6 is 0 Å². The summed E-state index contributed by atoms with van der Waals surface area (Å²) in [6.45, 7) is 3.16. The molecule has 3 nitrogen and oxygen atoms in total. The Morgan fingerprint density at radius 1 is 0.686 bits per heavy atom. The van der Waals surface area contributed by atoms with E-state index in [0.29, 0.717) is 30.9 Å². The molecular formula is C32H31O3. The van der Waals surface area contributed by atoms with Crippen LogP contribution in [0.4, 0.5) is 0 Å². The molecule has 0 aromatic heterocycles. The third kappa shape index (κ3) is 7.07. The molecular weight excluding hydrogens is 432 g/mol. The second-order valence-corrected chi connectivity index (χ2v) is 8.69. The molecule has 3 heteroatoms. The summed E-state index contributed by atoms with van der Waals surface area (Å²) in [4.78, 5) is 11.7. The molecule has 4 rings (SSSR count). The topological polar surface area (TPSA) is 35.5 Å². The van der Waals surface area contributed by atoms with Gasteiger partial charge in [-0.25, -0.2) is 0 Å². The van der Waals surface area contributed by atoms with Crippen molar-refractivity contribution in [3.8, 4) is 11.5 Å². The quantitative estimate of drug-likeness (QED) is 0.222. The highest BCUT2D eigenvalue weighted by atomic mass is 16.5. The monoisotopic (exact) mass is 463 g/mol. The molecule has 0 fully saturated rings. The fraction of sp³-hybridized carbons (Fsp3) is 0.219. The lowest BCUT2D eigenvalue weighted by Crippen LogP contribution is -2.03. The Kier molecular flexibility index (Phi) is 8.72. The summed E-state index contributed by atoms with van der Waals surface area (Å²) < 4.78 is 12.2. The van der Waals surface area contributed by atoms with Gasteiger partial charge in [-0.1, -0.05) is 92.2 Å². The van der Waals surface area contributed by atoms with Gasteiger partial charge < -0.3 is 9.47 Å². The molecule has 0 aliphatic carbocycles. The fourth-order valence-corrected chi connectivity index (χ4v) is 4.01. The van der Waals surface area contributed by atoms with Crippen molar-refractivity contribution < 1.29 is 14.3 Å². The lowest BCUT2D eigenvalue weighted by molar-refractivity contribution is 0.303. The molecule has 0 aliphatic rings. The van der Waals surface area contributed by atoms with Gasteiger partial charge in [-0.15, -0.1) is 0 Å². The Morgan fingerprint density at radius 3 is 2.14 bits per heavy atom. The van der Waals surface area contributed by atoms with Crippen LogP contribution in [0.5, 0.6) is 11.5 Å². The molecule has 0 bridgehead atoms. The summed E-state index contributed by atoms with van der Waals surface area (Å²) in [5, 5.41) is 0. The zero-order chi connectivity index (χ0) is 24.3. The predicted octanol–water partition coefficient (Wildman–Crippen LogP) is 7.24. The van der Waals surface area contributed by atoms with Crippen molar-refractivity contribution >= 4 is 6.29 Å². The first kappa shape index (κ1) is 24.3. The highest BCUT2D eigenvalue weighted by Gasteiger charge is 2.12. The van der Waals surface area contributed by atoms with Gasteiger partial charge in [0.1, 0.15) is 24.7 Å². The standard InChI is InChI=1S/C32H31O3/c1-2-3-9-25-16-18-27(19-17-25)24-35-32-15-8-13-29(22-33)31(32)21-28-12-7-14-30(20-28)34-23-26-10-5-4-6-11-26/h4-8,10-20H,2-3,9,21,23-24H2,1H3. The number of carbonyl (C=O) groups excluding carboxylic acids is 1. The van der Waals surface area contributed by atoms with Crippen LogP contribution in [0.1, 0.15) is 53.1 Å². The molecule has 0 unspecified atom stereocenters. The van der Waals surface area contributed by atoms with Crippen LogP contribution in [0.2, 0.25) is 0 Å². The molecule has 0 amide bonds. The minimum Gasteiger partial charge on any atom is -0.489 e. The smallest absolute Gasteiger partial charge is 0.233 e. The Morgan fingerprint density at radius 2 is 1.37 bits per heavy atom. The highest BCUT2D eigenvalue weighted by molar-refractivity contribution is 5.79. The number of unbranched alkanes of at least 4 members (excludes halogenated alkanes) is 1. The van der Waals surface area contributed by atoms with E-state index in [0.717, 1.165) is 34.4 Å². The van der Waals surface area contributed by atoms with E-state index < -0.39 is 0 Å². The van der Waals surface area contributed by atoms with Gasteiger partial charge in [0, 0.05) is 17.5 Å². The number of benzene rings is 4. The van der Waals surface area contributed by atoms with Crippen molar-refractivity contribution in [2.45, 2.75) is 45.8 Å². The van der Waals surface area contributed by atoms with Gasteiger partial charge in [0.2, 0.25) is 6.29 Å². The molecule has 0 spiro atoms. The molecule has 0 aliphatic heterocycles. The molecule has 0 saturated heterocycles. The van der Waals surface area contributed by atoms with Crippen LogP contribution in [0, 0.1) is 0 Å². The Labute approximate surface area is 208 Å². The van der Waals surface area contributed by atoms with Crippen molar-refractivity contribution in [1.29, 1.82) is 0 Å². The lowest BCUT2D eigenvalue weighted by atomic mass is 9.99. The van der Waals surface area contributed by atoms with Gasteiger partial charge in [0.05, 0.1) is 0 Å². The molecule has 0 N–H and O–H groups in total. The Hall–Kier alpha value is -3.85. The normalized spacial score (nSPS) is 10.7. The number of aryl methyl sites for hydroxylation is 1. The Balaban J connectivity index is 1.45. The lowest BCUT2D eigenvalue weighted by Gasteiger charge is -2.14. The summed E-state index contributed by atoms with van der Waals surface area (Å²) >= 11 is 0. The summed E-state index contributed by atoms with van der Waals surface area (Å²) in [6, 6.07) is 32.2. The van der Waals surface area contributed by atoms with Crippen LogP contribution in [0.3, 0.4) is 0 Å². The van der Waals surface area contributed by atoms with Gasteiger partial charge in [-0.3, -0.25) is 4.79 Å². The maximum Gasteiger partial charge on any atom is 0.233 e. The van der Waals surface area contributed by atoms with Crippen molar-refractivity contribution in [2.24, 2.45) is 0 Å². The van der Waals surface area contributed by atoms with Crippen LogP contribution in [0.15, 0.2) is 97.1 Å². The van der Waals surface area contributed by atoms with E-state index >= 15 is 0 Å². The molecule has 177 valence electrons.